The molecule has 0 bridgehead atoms. The highest BCUT2D eigenvalue weighted by Crippen LogP contribution is 2.14. The van der Waals surface area contributed by atoms with Gasteiger partial charge in [0.15, 0.2) is 0 Å². The van der Waals surface area contributed by atoms with Crippen LogP contribution in [0.2, 0.25) is 0 Å². The summed E-state index contributed by atoms with van der Waals surface area (Å²) < 4.78 is 13.2. The Labute approximate surface area is 120 Å². The zero-order valence-corrected chi connectivity index (χ0v) is 12.6. The van der Waals surface area contributed by atoms with Crippen LogP contribution in [0.15, 0.2) is 18.2 Å². The summed E-state index contributed by atoms with van der Waals surface area (Å²) in [4.78, 5) is 4.44. The maximum Gasteiger partial charge on any atom is 0.123 e. The highest BCUT2D eigenvalue weighted by atomic mass is 19.1. The van der Waals surface area contributed by atoms with Crippen LogP contribution in [0.3, 0.4) is 0 Å². The van der Waals surface area contributed by atoms with E-state index in [1.165, 1.54) is 12.1 Å². The molecule has 20 heavy (non-hydrogen) atoms. The molecule has 0 amide bonds. The van der Waals surface area contributed by atoms with Gasteiger partial charge in [-0.05, 0) is 57.8 Å². The molecule has 0 unspecified atom stereocenters. The topological polar surface area (TPSA) is 56.4 Å². The van der Waals surface area contributed by atoms with Crippen LogP contribution in [0.1, 0.15) is 24.5 Å². The Balaban J connectivity index is 2.72. The Morgan fingerprint density at radius 1 is 1.30 bits per heavy atom. The lowest BCUT2D eigenvalue weighted by molar-refractivity contribution is 0.259. The SMILES string of the molecule is CCN(CCCN(C)C)Cc1ccc(F)cc1C(=N)N. The van der Waals surface area contributed by atoms with E-state index in [1.807, 2.05) is 0 Å². The van der Waals surface area contributed by atoms with Crippen LogP contribution < -0.4 is 5.73 Å². The Morgan fingerprint density at radius 3 is 2.55 bits per heavy atom. The van der Waals surface area contributed by atoms with E-state index in [9.17, 15) is 4.39 Å². The minimum absolute atomic E-state index is 0.0798. The van der Waals surface area contributed by atoms with Crippen LogP contribution >= 0.6 is 0 Å². The molecule has 0 saturated heterocycles. The fraction of sp³-hybridized carbons (Fsp3) is 0.533. The number of rotatable bonds is 8. The molecule has 0 saturated carbocycles. The first kappa shape index (κ1) is 16.6. The number of nitrogens with one attached hydrogen (secondary N) is 1. The zero-order valence-electron chi connectivity index (χ0n) is 12.6. The summed E-state index contributed by atoms with van der Waals surface area (Å²) in [6, 6.07) is 4.49. The van der Waals surface area contributed by atoms with E-state index in [0.717, 1.165) is 31.6 Å². The van der Waals surface area contributed by atoms with Crippen molar-refractivity contribution >= 4 is 5.84 Å². The first-order valence-electron chi connectivity index (χ1n) is 6.94. The molecule has 112 valence electrons. The Bertz CT molecular complexity index is 445. The fourth-order valence-electron chi connectivity index (χ4n) is 2.14. The number of nitrogens with zero attached hydrogens (tertiary/aromatic N) is 2. The third-order valence-corrected chi connectivity index (χ3v) is 3.28. The van der Waals surface area contributed by atoms with E-state index >= 15 is 0 Å². The molecule has 0 aliphatic carbocycles. The second-order valence-corrected chi connectivity index (χ2v) is 5.24. The van der Waals surface area contributed by atoms with Crippen molar-refractivity contribution in [2.24, 2.45) is 5.73 Å². The van der Waals surface area contributed by atoms with E-state index in [0.29, 0.717) is 12.1 Å². The molecular weight excluding hydrogens is 255 g/mol. The number of nitrogens with two attached hydrogens (primary N) is 1. The molecule has 0 aliphatic rings. The van der Waals surface area contributed by atoms with Crippen molar-refractivity contribution in [2.45, 2.75) is 19.9 Å². The standard InChI is InChI=1S/C15H25FN4/c1-4-20(9-5-8-19(2)3)11-12-6-7-13(16)10-14(12)15(17)18/h6-7,10H,4-5,8-9,11H2,1-3H3,(H3,17,18). The minimum Gasteiger partial charge on any atom is -0.384 e. The minimum atomic E-state index is -0.352. The number of nitrogen functional groups attached to an aromatic ring is 1. The number of hydrogen-bond acceptors (Lipinski definition) is 3. The number of halogens is 1. The predicted octanol–water partition coefficient (Wildman–Crippen LogP) is 1.88. The number of amidine groups is 1. The molecule has 0 fully saturated rings. The third kappa shape index (κ3) is 5.27. The molecular formula is C15H25FN4. The summed E-state index contributed by atoms with van der Waals surface area (Å²) in [6.45, 7) is 5.73. The number of hydrogen-bond donors (Lipinski definition) is 2. The molecule has 1 aromatic carbocycles. The monoisotopic (exact) mass is 280 g/mol. The van der Waals surface area contributed by atoms with Crippen LogP contribution in [0.4, 0.5) is 4.39 Å². The van der Waals surface area contributed by atoms with Crippen molar-refractivity contribution in [1.29, 1.82) is 5.41 Å². The summed E-state index contributed by atoms with van der Waals surface area (Å²) in [7, 11) is 4.12. The van der Waals surface area contributed by atoms with Gasteiger partial charge in [0, 0.05) is 12.1 Å². The van der Waals surface area contributed by atoms with Crippen molar-refractivity contribution < 1.29 is 4.39 Å². The molecule has 1 rings (SSSR count). The van der Waals surface area contributed by atoms with Crippen LogP contribution in [0.5, 0.6) is 0 Å². The summed E-state index contributed by atoms with van der Waals surface area (Å²) in [5, 5.41) is 7.55. The van der Waals surface area contributed by atoms with Gasteiger partial charge in [0.25, 0.3) is 0 Å². The van der Waals surface area contributed by atoms with Crippen LogP contribution in [-0.2, 0) is 6.54 Å². The lowest BCUT2D eigenvalue weighted by atomic mass is 10.1. The van der Waals surface area contributed by atoms with Gasteiger partial charge in [0.2, 0.25) is 0 Å². The lowest BCUT2D eigenvalue weighted by Crippen LogP contribution is -2.28. The number of benzene rings is 1. The summed E-state index contributed by atoms with van der Waals surface area (Å²) in [5.74, 6) is -0.432. The zero-order chi connectivity index (χ0) is 15.1. The predicted molar refractivity (Wildman–Crippen MR) is 81.5 cm³/mol. The molecule has 0 aromatic heterocycles. The van der Waals surface area contributed by atoms with Crippen molar-refractivity contribution in [3.8, 4) is 0 Å². The Kier molecular flexibility index (Phi) is 6.61. The smallest absolute Gasteiger partial charge is 0.123 e. The first-order valence-corrected chi connectivity index (χ1v) is 6.94. The largest absolute Gasteiger partial charge is 0.384 e. The highest BCUT2D eigenvalue weighted by molar-refractivity contribution is 5.96. The van der Waals surface area contributed by atoms with E-state index in [1.54, 1.807) is 6.07 Å². The van der Waals surface area contributed by atoms with Crippen molar-refractivity contribution in [1.82, 2.24) is 9.80 Å². The van der Waals surface area contributed by atoms with Gasteiger partial charge >= 0.3 is 0 Å². The summed E-state index contributed by atoms with van der Waals surface area (Å²) in [6.07, 6.45) is 1.08. The molecule has 0 heterocycles. The van der Waals surface area contributed by atoms with Crippen molar-refractivity contribution in [3.05, 3.63) is 35.1 Å². The molecule has 0 atom stereocenters. The summed E-state index contributed by atoms with van der Waals surface area (Å²) in [5.41, 5.74) is 6.94. The Hall–Kier alpha value is -1.46. The van der Waals surface area contributed by atoms with Crippen LogP contribution in [0, 0.1) is 11.2 Å². The average molecular weight is 280 g/mol. The van der Waals surface area contributed by atoms with E-state index < -0.39 is 0 Å². The quantitative estimate of drug-likeness (QED) is 0.565. The molecule has 0 spiro atoms. The van der Waals surface area contributed by atoms with E-state index in [4.69, 9.17) is 11.1 Å². The van der Waals surface area contributed by atoms with Gasteiger partial charge in [-0.2, -0.15) is 0 Å². The van der Waals surface area contributed by atoms with Gasteiger partial charge in [0.1, 0.15) is 11.7 Å². The maximum atomic E-state index is 13.2. The second-order valence-electron chi connectivity index (χ2n) is 5.24. The Morgan fingerprint density at radius 2 is 2.00 bits per heavy atom. The molecule has 1 aromatic rings. The molecule has 4 nitrogen and oxygen atoms in total. The second kappa shape index (κ2) is 7.97. The van der Waals surface area contributed by atoms with Crippen LogP contribution in [-0.4, -0.2) is 49.4 Å². The van der Waals surface area contributed by atoms with Crippen LogP contribution in [0.25, 0.3) is 0 Å². The van der Waals surface area contributed by atoms with Gasteiger partial charge in [-0.1, -0.05) is 13.0 Å². The van der Waals surface area contributed by atoms with E-state index in [-0.39, 0.29) is 11.7 Å². The lowest BCUT2D eigenvalue weighted by Gasteiger charge is -2.22. The van der Waals surface area contributed by atoms with Gasteiger partial charge in [0.05, 0.1) is 0 Å². The van der Waals surface area contributed by atoms with Gasteiger partial charge in [-0.25, -0.2) is 4.39 Å². The molecule has 0 aliphatic heterocycles. The summed E-state index contributed by atoms with van der Waals surface area (Å²) >= 11 is 0. The van der Waals surface area contributed by atoms with Crippen molar-refractivity contribution in [3.63, 3.8) is 0 Å². The average Bonchev–Trinajstić information content (AvgIpc) is 2.38. The molecule has 0 radical (unpaired) electrons. The van der Waals surface area contributed by atoms with Gasteiger partial charge in [-0.3, -0.25) is 10.3 Å². The van der Waals surface area contributed by atoms with Gasteiger partial charge < -0.3 is 10.6 Å². The molecule has 3 N–H and O–H groups in total. The normalized spacial score (nSPS) is 11.3. The third-order valence-electron chi connectivity index (χ3n) is 3.28. The molecule has 5 heteroatoms. The fourth-order valence-corrected chi connectivity index (χ4v) is 2.14. The van der Waals surface area contributed by atoms with E-state index in [2.05, 4.69) is 30.8 Å². The van der Waals surface area contributed by atoms with Gasteiger partial charge in [-0.15, -0.1) is 0 Å². The maximum absolute atomic E-state index is 13.2. The van der Waals surface area contributed by atoms with Crippen molar-refractivity contribution in [2.75, 3.05) is 33.7 Å². The first-order chi connectivity index (χ1) is 9.43. The highest BCUT2D eigenvalue weighted by Gasteiger charge is 2.11.